The van der Waals surface area contributed by atoms with Crippen LogP contribution in [0.15, 0.2) is 36.4 Å². The summed E-state index contributed by atoms with van der Waals surface area (Å²) in [4.78, 5) is 4.58. The second kappa shape index (κ2) is 5.69. The topological polar surface area (TPSA) is 17.8 Å². The SMILES string of the molecule is CC(Cl)c1nc2ccc(Cl)cc2n1-c1ccc(Cl)c(Cl)c1. The van der Waals surface area contributed by atoms with E-state index in [0.29, 0.717) is 15.1 Å². The first-order chi connectivity index (χ1) is 9.97. The summed E-state index contributed by atoms with van der Waals surface area (Å²) in [5.74, 6) is 0.729. The Hall–Kier alpha value is -0.930. The van der Waals surface area contributed by atoms with Crippen molar-refractivity contribution in [3.05, 3.63) is 57.3 Å². The molecule has 0 amide bonds. The van der Waals surface area contributed by atoms with E-state index in [1.807, 2.05) is 29.7 Å². The van der Waals surface area contributed by atoms with Crippen molar-refractivity contribution >= 4 is 57.4 Å². The lowest BCUT2D eigenvalue weighted by atomic mass is 10.2. The van der Waals surface area contributed by atoms with E-state index in [1.165, 1.54) is 0 Å². The highest BCUT2D eigenvalue weighted by atomic mass is 35.5. The maximum absolute atomic E-state index is 6.27. The molecule has 1 unspecified atom stereocenters. The number of alkyl halides is 1. The monoisotopic (exact) mass is 358 g/mol. The third-order valence-electron chi connectivity index (χ3n) is 3.16. The average molecular weight is 360 g/mol. The normalized spacial score (nSPS) is 12.8. The van der Waals surface area contributed by atoms with Crippen LogP contribution in [0.2, 0.25) is 15.1 Å². The maximum Gasteiger partial charge on any atom is 0.132 e. The highest BCUT2D eigenvalue weighted by molar-refractivity contribution is 6.42. The molecule has 0 fully saturated rings. The molecule has 2 nitrogen and oxygen atoms in total. The van der Waals surface area contributed by atoms with Gasteiger partial charge in [0.1, 0.15) is 5.82 Å². The molecule has 0 saturated heterocycles. The molecular weight excluding hydrogens is 350 g/mol. The van der Waals surface area contributed by atoms with E-state index >= 15 is 0 Å². The first kappa shape index (κ1) is 15.0. The first-order valence-electron chi connectivity index (χ1n) is 6.25. The Balaban J connectivity index is 2.35. The Bertz CT molecular complexity index is 824. The smallest absolute Gasteiger partial charge is 0.132 e. The van der Waals surface area contributed by atoms with Gasteiger partial charge < -0.3 is 0 Å². The van der Waals surface area contributed by atoms with Crippen molar-refractivity contribution in [2.75, 3.05) is 0 Å². The van der Waals surface area contributed by atoms with Crippen molar-refractivity contribution in [2.45, 2.75) is 12.3 Å². The number of aromatic nitrogens is 2. The molecule has 0 spiro atoms. The van der Waals surface area contributed by atoms with Crippen molar-refractivity contribution in [2.24, 2.45) is 0 Å². The van der Waals surface area contributed by atoms with Gasteiger partial charge in [0.05, 0.1) is 26.5 Å². The number of halogens is 4. The molecule has 0 saturated carbocycles. The third kappa shape index (κ3) is 2.74. The van der Waals surface area contributed by atoms with E-state index in [4.69, 9.17) is 46.4 Å². The molecule has 3 aromatic rings. The van der Waals surface area contributed by atoms with Gasteiger partial charge in [-0.05, 0) is 43.3 Å². The van der Waals surface area contributed by atoms with E-state index in [1.54, 1.807) is 18.2 Å². The Morgan fingerprint density at radius 2 is 1.76 bits per heavy atom. The van der Waals surface area contributed by atoms with E-state index in [0.717, 1.165) is 22.5 Å². The molecule has 0 radical (unpaired) electrons. The summed E-state index contributed by atoms with van der Waals surface area (Å²) in [5, 5.41) is 1.36. The molecule has 0 N–H and O–H groups in total. The molecule has 108 valence electrons. The zero-order valence-electron chi connectivity index (χ0n) is 10.9. The van der Waals surface area contributed by atoms with Crippen LogP contribution in [0.4, 0.5) is 0 Å². The minimum Gasteiger partial charge on any atom is -0.295 e. The van der Waals surface area contributed by atoms with Gasteiger partial charge in [-0.2, -0.15) is 0 Å². The number of imidazole rings is 1. The van der Waals surface area contributed by atoms with Gasteiger partial charge in [0.2, 0.25) is 0 Å². The number of hydrogen-bond donors (Lipinski definition) is 0. The number of hydrogen-bond acceptors (Lipinski definition) is 1. The molecule has 0 aliphatic rings. The van der Waals surface area contributed by atoms with Crippen LogP contribution in [-0.4, -0.2) is 9.55 Å². The maximum atomic E-state index is 6.27. The average Bonchev–Trinajstić information content (AvgIpc) is 2.80. The van der Waals surface area contributed by atoms with Gasteiger partial charge in [-0.3, -0.25) is 4.57 Å². The summed E-state index contributed by atoms with van der Waals surface area (Å²) in [6.45, 7) is 1.87. The van der Waals surface area contributed by atoms with Crippen LogP contribution in [0.1, 0.15) is 18.1 Å². The van der Waals surface area contributed by atoms with Crippen molar-refractivity contribution in [1.29, 1.82) is 0 Å². The number of rotatable bonds is 2. The molecule has 0 bridgehead atoms. The molecule has 0 aliphatic heterocycles. The largest absolute Gasteiger partial charge is 0.295 e. The second-order valence-electron chi connectivity index (χ2n) is 4.65. The van der Waals surface area contributed by atoms with E-state index in [9.17, 15) is 0 Å². The molecule has 1 atom stereocenters. The summed E-state index contributed by atoms with van der Waals surface area (Å²) in [5.41, 5.74) is 2.55. The molecule has 0 aliphatic carbocycles. The lowest BCUT2D eigenvalue weighted by Crippen LogP contribution is -2.01. The van der Waals surface area contributed by atoms with Gasteiger partial charge in [0.15, 0.2) is 0 Å². The molecule has 1 aromatic heterocycles. The fraction of sp³-hybridized carbons (Fsp3) is 0.133. The first-order valence-corrected chi connectivity index (χ1v) is 7.82. The fourth-order valence-electron chi connectivity index (χ4n) is 2.23. The Morgan fingerprint density at radius 1 is 1.00 bits per heavy atom. The van der Waals surface area contributed by atoms with Crippen molar-refractivity contribution in [3.8, 4) is 5.69 Å². The summed E-state index contributed by atoms with van der Waals surface area (Å²) in [6.07, 6.45) is 0. The van der Waals surface area contributed by atoms with Gasteiger partial charge in [0, 0.05) is 10.7 Å². The van der Waals surface area contributed by atoms with Gasteiger partial charge in [-0.25, -0.2) is 4.98 Å². The summed E-state index contributed by atoms with van der Waals surface area (Å²) in [6, 6.07) is 10.9. The van der Waals surface area contributed by atoms with Crippen molar-refractivity contribution in [1.82, 2.24) is 9.55 Å². The predicted octanol–water partition coefficient (Wildman–Crippen LogP) is 6.29. The molecule has 21 heavy (non-hydrogen) atoms. The van der Waals surface area contributed by atoms with Gasteiger partial charge >= 0.3 is 0 Å². The molecule has 1 heterocycles. The lowest BCUT2D eigenvalue weighted by molar-refractivity contribution is 0.882. The third-order valence-corrected chi connectivity index (χ3v) is 4.33. The zero-order valence-corrected chi connectivity index (χ0v) is 14.0. The van der Waals surface area contributed by atoms with E-state index in [2.05, 4.69) is 4.98 Å². The van der Waals surface area contributed by atoms with Crippen LogP contribution in [0.5, 0.6) is 0 Å². The molecule has 2 aromatic carbocycles. The highest BCUT2D eigenvalue weighted by Crippen LogP contribution is 2.32. The van der Waals surface area contributed by atoms with Gasteiger partial charge in [-0.15, -0.1) is 11.6 Å². The summed E-state index contributed by atoms with van der Waals surface area (Å²) >= 11 is 24.5. The Labute approximate surface area is 142 Å². The zero-order chi connectivity index (χ0) is 15.1. The minimum absolute atomic E-state index is 0.259. The number of fused-ring (bicyclic) bond motifs is 1. The fourth-order valence-corrected chi connectivity index (χ4v) is 2.83. The molecule has 6 heteroatoms. The van der Waals surface area contributed by atoms with Crippen LogP contribution in [0, 0.1) is 0 Å². The van der Waals surface area contributed by atoms with Crippen LogP contribution >= 0.6 is 46.4 Å². The lowest BCUT2D eigenvalue weighted by Gasteiger charge is -2.11. The van der Waals surface area contributed by atoms with Crippen molar-refractivity contribution < 1.29 is 0 Å². The van der Waals surface area contributed by atoms with Crippen LogP contribution in [-0.2, 0) is 0 Å². The van der Waals surface area contributed by atoms with Crippen molar-refractivity contribution in [3.63, 3.8) is 0 Å². The Morgan fingerprint density at radius 3 is 2.43 bits per heavy atom. The van der Waals surface area contributed by atoms with E-state index < -0.39 is 0 Å². The quantitative estimate of drug-likeness (QED) is 0.492. The van der Waals surface area contributed by atoms with Crippen LogP contribution < -0.4 is 0 Å². The summed E-state index contributed by atoms with van der Waals surface area (Å²) in [7, 11) is 0. The van der Waals surface area contributed by atoms with Gasteiger partial charge in [-0.1, -0.05) is 34.8 Å². The molecular formula is C15H10Cl4N2. The van der Waals surface area contributed by atoms with Gasteiger partial charge in [0.25, 0.3) is 0 Å². The van der Waals surface area contributed by atoms with Crippen LogP contribution in [0.25, 0.3) is 16.7 Å². The predicted molar refractivity (Wildman–Crippen MR) is 90.4 cm³/mol. The van der Waals surface area contributed by atoms with E-state index in [-0.39, 0.29) is 5.38 Å². The number of nitrogens with zero attached hydrogens (tertiary/aromatic N) is 2. The number of benzene rings is 2. The molecule has 3 rings (SSSR count). The standard InChI is InChI=1S/C15H10Cl4N2/c1-8(16)15-20-13-5-2-9(17)6-14(13)21(15)10-3-4-11(18)12(19)7-10/h2-8H,1H3. The summed E-state index contributed by atoms with van der Waals surface area (Å²) < 4.78 is 1.95. The second-order valence-corrected chi connectivity index (χ2v) is 6.56. The van der Waals surface area contributed by atoms with Crippen LogP contribution in [0.3, 0.4) is 0 Å². The highest BCUT2D eigenvalue weighted by Gasteiger charge is 2.17. The Kier molecular flexibility index (Phi) is 4.06. The minimum atomic E-state index is -0.259.